The number of nitrogens with zero attached hydrogens (tertiary/aromatic N) is 3. The van der Waals surface area contributed by atoms with E-state index in [0.717, 1.165) is 28.8 Å². The summed E-state index contributed by atoms with van der Waals surface area (Å²) < 4.78 is 1.96. The summed E-state index contributed by atoms with van der Waals surface area (Å²) in [6, 6.07) is 12.0. The molecule has 2 aromatic heterocycles. The van der Waals surface area contributed by atoms with Crippen LogP contribution in [0.2, 0.25) is 0 Å². The maximum absolute atomic E-state index is 9.45. The van der Waals surface area contributed by atoms with Crippen LogP contribution >= 0.6 is 0 Å². The molecule has 0 amide bonds. The third kappa shape index (κ3) is 2.18. The van der Waals surface area contributed by atoms with Gasteiger partial charge >= 0.3 is 0 Å². The summed E-state index contributed by atoms with van der Waals surface area (Å²) in [6.07, 6.45) is 0.809. The number of hydrogen-bond donors (Lipinski definition) is 2. The average Bonchev–Trinajstić information content (AvgIpc) is 2.91. The highest BCUT2D eigenvalue weighted by molar-refractivity contribution is 5.85. The summed E-state index contributed by atoms with van der Waals surface area (Å²) in [7, 11) is 0. The maximum Gasteiger partial charge on any atom is 0.157 e. The molecule has 3 aromatic rings. The largest absolute Gasteiger partial charge is 0.394 e. The minimum absolute atomic E-state index is 0.0308. The molecule has 5 nitrogen and oxygen atoms in total. The first-order chi connectivity index (χ1) is 10.7. The van der Waals surface area contributed by atoms with Crippen molar-refractivity contribution in [3.63, 3.8) is 0 Å². The minimum atomic E-state index is -0.0308. The van der Waals surface area contributed by atoms with Crippen LogP contribution in [0.15, 0.2) is 30.3 Å². The van der Waals surface area contributed by atoms with Gasteiger partial charge in [0.15, 0.2) is 5.65 Å². The van der Waals surface area contributed by atoms with E-state index in [1.54, 1.807) is 0 Å². The molecule has 0 saturated carbocycles. The maximum atomic E-state index is 9.45. The van der Waals surface area contributed by atoms with Crippen LogP contribution in [0.25, 0.3) is 16.7 Å². The first-order valence-electron chi connectivity index (χ1n) is 7.37. The predicted octanol–water partition coefficient (Wildman–Crippen LogP) is 2.85. The Morgan fingerprint density at radius 3 is 2.86 bits per heavy atom. The van der Waals surface area contributed by atoms with Crippen molar-refractivity contribution in [3.8, 4) is 6.07 Å². The van der Waals surface area contributed by atoms with Crippen LogP contribution in [0.1, 0.15) is 24.5 Å². The van der Waals surface area contributed by atoms with E-state index in [2.05, 4.69) is 16.4 Å². The van der Waals surface area contributed by atoms with E-state index < -0.39 is 0 Å². The number of nitrogens with one attached hydrogen (secondary N) is 1. The lowest BCUT2D eigenvalue weighted by molar-refractivity contribution is 0.271. The van der Waals surface area contributed by atoms with Crippen molar-refractivity contribution in [1.82, 2.24) is 9.38 Å². The van der Waals surface area contributed by atoms with E-state index >= 15 is 0 Å². The van der Waals surface area contributed by atoms with Crippen molar-refractivity contribution in [3.05, 3.63) is 41.5 Å². The predicted molar refractivity (Wildman–Crippen MR) is 86.9 cm³/mol. The summed E-state index contributed by atoms with van der Waals surface area (Å²) in [4.78, 5) is 4.60. The molecule has 1 aromatic carbocycles. The average molecular weight is 294 g/mol. The van der Waals surface area contributed by atoms with Gasteiger partial charge in [-0.05, 0) is 37.1 Å². The molecule has 0 aliphatic carbocycles. The fraction of sp³-hybridized carbons (Fsp3) is 0.294. The third-order valence-electron chi connectivity index (χ3n) is 3.95. The summed E-state index contributed by atoms with van der Waals surface area (Å²) in [5.41, 5.74) is 3.91. The molecule has 0 unspecified atom stereocenters. The molecule has 0 aliphatic heterocycles. The lowest BCUT2D eigenvalue weighted by Crippen LogP contribution is -2.24. The van der Waals surface area contributed by atoms with Crippen LogP contribution in [0.4, 0.5) is 5.82 Å². The first kappa shape index (κ1) is 14.4. The topological polar surface area (TPSA) is 73.3 Å². The molecule has 2 heterocycles. The van der Waals surface area contributed by atoms with Gasteiger partial charge in [-0.2, -0.15) is 5.26 Å². The number of pyridine rings is 1. The van der Waals surface area contributed by atoms with Crippen molar-refractivity contribution in [2.75, 3.05) is 11.9 Å². The van der Waals surface area contributed by atoms with Gasteiger partial charge in [0.05, 0.1) is 29.2 Å². The quantitative estimate of drug-likeness (QED) is 0.776. The van der Waals surface area contributed by atoms with Gasteiger partial charge in [-0.1, -0.05) is 19.1 Å². The second kappa shape index (κ2) is 5.66. The summed E-state index contributed by atoms with van der Waals surface area (Å²) >= 11 is 0. The number of benzene rings is 1. The van der Waals surface area contributed by atoms with Crippen molar-refractivity contribution >= 4 is 22.5 Å². The first-order valence-corrected chi connectivity index (χ1v) is 7.37. The van der Waals surface area contributed by atoms with Gasteiger partial charge in [0.1, 0.15) is 11.9 Å². The lowest BCUT2D eigenvalue weighted by Gasteiger charge is -2.18. The SMILES string of the molecule is CC[C@@H](CO)Nc1cc(C)c(C#N)c2nc3ccccc3n12. The van der Waals surface area contributed by atoms with E-state index in [0.29, 0.717) is 11.2 Å². The van der Waals surface area contributed by atoms with Crippen molar-refractivity contribution in [2.24, 2.45) is 0 Å². The van der Waals surface area contributed by atoms with Gasteiger partial charge in [0.25, 0.3) is 0 Å². The number of fused-ring (bicyclic) bond motifs is 3. The van der Waals surface area contributed by atoms with E-state index in [9.17, 15) is 10.4 Å². The van der Waals surface area contributed by atoms with Gasteiger partial charge in [-0.15, -0.1) is 0 Å². The Kier molecular flexibility index (Phi) is 3.70. The number of hydrogen-bond acceptors (Lipinski definition) is 4. The van der Waals surface area contributed by atoms with Gasteiger partial charge in [0, 0.05) is 0 Å². The molecule has 2 N–H and O–H groups in total. The van der Waals surface area contributed by atoms with Crippen LogP contribution in [0.5, 0.6) is 0 Å². The number of aryl methyl sites for hydroxylation is 1. The summed E-state index contributed by atoms with van der Waals surface area (Å²) in [6.45, 7) is 3.99. The monoisotopic (exact) mass is 294 g/mol. The zero-order chi connectivity index (χ0) is 15.7. The molecule has 0 fully saturated rings. The van der Waals surface area contributed by atoms with Gasteiger partial charge in [0.2, 0.25) is 0 Å². The van der Waals surface area contributed by atoms with E-state index in [4.69, 9.17) is 0 Å². The molecule has 1 atom stereocenters. The number of aliphatic hydroxyl groups is 1. The molecule has 0 bridgehead atoms. The Balaban J connectivity index is 2.34. The second-order valence-electron chi connectivity index (χ2n) is 5.39. The van der Waals surface area contributed by atoms with Gasteiger partial charge in [-0.25, -0.2) is 4.98 Å². The number of aliphatic hydroxyl groups excluding tert-OH is 1. The van der Waals surface area contributed by atoms with Gasteiger partial charge in [-0.3, -0.25) is 4.40 Å². The highest BCUT2D eigenvalue weighted by Crippen LogP contribution is 2.27. The van der Waals surface area contributed by atoms with E-state index in [1.165, 1.54) is 0 Å². The molecule has 112 valence electrons. The number of nitriles is 1. The molecule has 0 aliphatic rings. The van der Waals surface area contributed by atoms with Crippen LogP contribution in [0, 0.1) is 18.3 Å². The van der Waals surface area contributed by atoms with Crippen LogP contribution in [-0.4, -0.2) is 27.1 Å². The Morgan fingerprint density at radius 2 is 2.18 bits per heavy atom. The molecular formula is C17H18N4O. The number of anilines is 1. The number of rotatable bonds is 4. The zero-order valence-electron chi connectivity index (χ0n) is 12.7. The fourth-order valence-corrected chi connectivity index (χ4v) is 2.69. The molecule has 22 heavy (non-hydrogen) atoms. The number of aromatic nitrogens is 2. The molecule has 3 rings (SSSR count). The number of imidazole rings is 1. The highest BCUT2D eigenvalue weighted by Gasteiger charge is 2.16. The molecule has 5 heteroatoms. The smallest absolute Gasteiger partial charge is 0.157 e. The molecule has 0 radical (unpaired) electrons. The Hall–Kier alpha value is -2.58. The molecule has 0 saturated heterocycles. The normalized spacial score (nSPS) is 12.5. The third-order valence-corrected chi connectivity index (χ3v) is 3.95. The lowest BCUT2D eigenvalue weighted by atomic mass is 10.1. The Labute approximate surface area is 128 Å². The molecular weight excluding hydrogens is 276 g/mol. The summed E-state index contributed by atoms with van der Waals surface area (Å²) in [5, 5.41) is 22.3. The fourth-order valence-electron chi connectivity index (χ4n) is 2.69. The summed E-state index contributed by atoms with van der Waals surface area (Å²) in [5.74, 6) is 0.848. The van der Waals surface area contributed by atoms with Crippen molar-refractivity contribution in [2.45, 2.75) is 26.3 Å². The standard InChI is InChI=1S/C17H18N4O/c1-3-12(10-22)19-16-8-11(2)13(9-18)17-20-14-6-4-5-7-15(14)21(16)17/h4-8,12,19,22H,3,10H2,1-2H3/t12-/m0/s1. The van der Waals surface area contributed by atoms with Crippen molar-refractivity contribution in [1.29, 1.82) is 5.26 Å². The van der Waals surface area contributed by atoms with E-state index in [-0.39, 0.29) is 12.6 Å². The van der Waals surface area contributed by atoms with Crippen molar-refractivity contribution < 1.29 is 5.11 Å². The highest BCUT2D eigenvalue weighted by atomic mass is 16.3. The Morgan fingerprint density at radius 1 is 1.41 bits per heavy atom. The second-order valence-corrected chi connectivity index (χ2v) is 5.39. The number of para-hydroxylation sites is 2. The van der Waals surface area contributed by atoms with Gasteiger partial charge < -0.3 is 10.4 Å². The molecule has 0 spiro atoms. The zero-order valence-corrected chi connectivity index (χ0v) is 12.7. The minimum Gasteiger partial charge on any atom is -0.394 e. The van der Waals surface area contributed by atoms with Crippen LogP contribution in [0.3, 0.4) is 0 Å². The van der Waals surface area contributed by atoms with Crippen LogP contribution in [-0.2, 0) is 0 Å². The van der Waals surface area contributed by atoms with Crippen LogP contribution < -0.4 is 5.32 Å². The van der Waals surface area contributed by atoms with E-state index in [1.807, 2.05) is 48.6 Å². The Bertz CT molecular complexity index is 872.